The van der Waals surface area contributed by atoms with E-state index in [4.69, 9.17) is 9.16 Å². The van der Waals surface area contributed by atoms with E-state index >= 15 is 0 Å². The maximum absolute atomic E-state index is 12.8. The number of rotatable bonds is 3. The summed E-state index contributed by atoms with van der Waals surface area (Å²) in [5.41, 5.74) is -0.569. The fourth-order valence-electron chi connectivity index (χ4n) is 3.38. The Morgan fingerprint density at radius 3 is 2.27 bits per heavy atom. The van der Waals surface area contributed by atoms with E-state index in [1.165, 1.54) is 0 Å². The molecule has 2 heterocycles. The number of nitrogens with zero attached hydrogens (tertiary/aromatic N) is 1. The Morgan fingerprint density at radius 2 is 1.73 bits per heavy atom. The van der Waals surface area contributed by atoms with E-state index in [-0.39, 0.29) is 23.1 Å². The highest BCUT2D eigenvalue weighted by molar-refractivity contribution is 6.74. The lowest BCUT2D eigenvalue weighted by molar-refractivity contribution is -0.138. The molecule has 0 spiro atoms. The first-order valence-electron chi connectivity index (χ1n) is 9.69. The van der Waals surface area contributed by atoms with Gasteiger partial charge in [0.1, 0.15) is 11.6 Å². The van der Waals surface area contributed by atoms with Crippen LogP contribution in [0.4, 0.5) is 4.79 Å². The molecule has 0 bridgehead atoms. The molecule has 1 N–H and O–H groups in total. The molecule has 7 heteroatoms. The molecule has 26 heavy (non-hydrogen) atoms. The molecule has 2 aliphatic heterocycles. The number of hydrogen-bond acceptors (Lipinski definition) is 4. The van der Waals surface area contributed by atoms with E-state index in [2.05, 4.69) is 39.2 Å². The topological polar surface area (TPSA) is 67.9 Å². The standard InChI is InChI=1S/C19H36N2O4Si/c1-18(2,3)24-17(23)20-13-9-10-14-15(11-12-21(14)16(13)22)25-26(7,8)19(4,5)6/h13-15H,9-12H2,1-8H3,(H,20,23). The zero-order chi connectivity index (χ0) is 19.9. The van der Waals surface area contributed by atoms with Crippen LogP contribution in [-0.4, -0.2) is 55.6 Å². The summed E-state index contributed by atoms with van der Waals surface area (Å²) in [6.07, 6.45) is 1.95. The molecule has 3 unspecified atom stereocenters. The van der Waals surface area contributed by atoms with Gasteiger partial charge < -0.3 is 19.4 Å². The maximum Gasteiger partial charge on any atom is 0.408 e. The van der Waals surface area contributed by atoms with Gasteiger partial charge in [0.2, 0.25) is 5.91 Å². The molecule has 3 atom stereocenters. The molecule has 2 saturated heterocycles. The van der Waals surface area contributed by atoms with Crippen molar-refractivity contribution < 1.29 is 18.8 Å². The van der Waals surface area contributed by atoms with Gasteiger partial charge in [0.05, 0.1) is 12.1 Å². The summed E-state index contributed by atoms with van der Waals surface area (Å²) in [4.78, 5) is 26.7. The van der Waals surface area contributed by atoms with Gasteiger partial charge in [-0.2, -0.15) is 0 Å². The number of piperidine rings is 1. The largest absolute Gasteiger partial charge is 0.444 e. The smallest absolute Gasteiger partial charge is 0.408 e. The number of hydrogen-bond donors (Lipinski definition) is 1. The minimum Gasteiger partial charge on any atom is -0.444 e. The Morgan fingerprint density at radius 1 is 1.12 bits per heavy atom. The van der Waals surface area contributed by atoms with Crippen LogP contribution in [0.1, 0.15) is 60.8 Å². The van der Waals surface area contributed by atoms with Crippen molar-refractivity contribution in [2.24, 2.45) is 0 Å². The summed E-state index contributed by atoms with van der Waals surface area (Å²) in [7, 11) is -1.87. The quantitative estimate of drug-likeness (QED) is 0.754. The molecule has 2 aliphatic rings. The zero-order valence-corrected chi connectivity index (χ0v) is 18.6. The van der Waals surface area contributed by atoms with Crippen LogP contribution in [0.3, 0.4) is 0 Å². The molecule has 0 aromatic carbocycles. The summed E-state index contributed by atoms with van der Waals surface area (Å²) in [6, 6.07) is -0.360. The first kappa shape index (κ1) is 21.2. The molecule has 0 aliphatic carbocycles. The van der Waals surface area contributed by atoms with Gasteiger partial charge in [-0.3, -0.25) is 4.79 Å². The minimum atomic E-state index is -1.87. The lowest BCUT2D eigenvalue weighted by Gasteiger charge is -2.42. The monoisotopic (exact) mass is 384 g/mol. The predicted molar refractivity (Wildman–Crippen MR) is 105 cm³/mol. The Balaban J connectivity index is 1.98. The van der Waals surface area contributed by atoms with Gasteiger partial charge in [-0.15, -0.1) is 0 Å². The molecular formula is C19H36N2O4Si. The first-order chi connectivity index (χ1) is 11.7. The second-order valence-corrected chi connectivity index (χ2v) is 14.8. The molecule has 0 saturated carbocycles. The Labute approximate surface area is 159 Å². The number of alkyl carbamates (subject to hydrolysis) is 1. The highest BCUT2D eigenvalue weighted by atomic mass is 28.4. The van der Waals surface area contributed by atoms with Crippen LogP contribution < -0.4 is 5.32 Å². The van der Waals surface area contributed by atoms with Gasteiger partial charge in [0, 0.05) is 6.54 Å². The van der Waals surface area contributed by atoms with Gasteiger partial charge in [-0.1, -0.05) is 20.8 Å². The third-order valence-electron chi connectivity index (χ3n) is 5.76. The molecule has 2 amide bonds. The number of carbonyl (C=O) groups is 2. The van der Waals surface area contributed by atoms with Crippen LogP contribution in [-0.2, 0) is 14.0 Å². The van der Waals surface area contributed by atoms with E-state index in [0.717, 1.165) is 12.8 Å². The summed E-state index contributed by atoms with van der Waals surface area (Å²) >= 11 is 0. The van der Waals surface area contributed by atoms with Gasteiger partial charge in [0.25, 0.3) is 0 Å². The van der Waals surface area contributed by atoms with Gasteiger partial charge in [0.15, 0.2) is 8.32 Å². The fourth-order valence-corrected chi connectivity index (χ4v) is 4.76. The number of carbonyl (C=O) groups excluding carboxylic acids is 2. The third kappa shape index (κ3) is 4.79. The average Bonchev–Trinajstić information content (AvgIpc) is 2.82. The lowest BCUT2D eigenvalue weighted by Crippen LogP contribution is -2.57. The van der Waals surface area contributed by atoms with Crippen LogP contribution in [0, 0.1) is 0 Å². The van der Waals surface area contributed by atoms with Crippen molar-refractivity contribution in [1.29, 1.82) is 0 Å². The molecule has 2 fully saturated rings. The van der Waals surface area contributed by atoms with E-state index in [9.17, 15) is 9.59 Å². The highest BCUT2D eigenvalue weighted by Crippen LogP contribution is 2.40. The van der Waals surface area contributed by atoms with E-state index < -0.39 is 26.1 Å². The van der Waals surface area contributed by atoms with Crippen molar-refractivity contribution in [2.75, 3.05) is 6.54 Å². The second-order valence-electron chi connectivity index (χ2n) is 10.1. The predicted octanol–water partition coefficient (Wildman–Crippen LogP) is 3.66. The fraction of sp³-hybridized carbons (Fsp3) is 0.895. The van der Waals surface area contributed by atoms with Crippen LogP contribution in [0.25, 0.3) is 0 Å². The zero-order valence-electron chi connectivity index (χ0n) is 17.6. The van der Waals surface area contributed by atoms with E-state index in [1.807, 2.05) is 25.7 Å². The second kappa shape index (κ2) is 7.15. The molecular weight excluding hydrogens is 348 g/mol. The average molecular weight is 385 g/mol. The highest BCUT2D eigenvalue weighted by Gasteiger charge is 2.48. The van der Waals surface area contributed by atoms with Crippen molar-refractivity contribution in [1.82, 2.24) is 10.2 Å². The van der Waals surface area contributed by atoms with Gasteiger partial charge >= 0.3 is 6.09 Å². The maximum atomic E-state index is 12.8. The number of nitrogens with one attached hydrogen (secondary N) is 1. The summed E-state index contributed by atoms with van der Waals surface area (Å²) < 4.78 is 11.9. The normalized spacial score (nSPS) is 27.3. The first-order valence-corrected chi connectivity index (χ1v) is 12.6. The summed E-state index contributed by atoms with van der Waals surface area (Å²) in [6.45, 7) is 17.4. The SMILES string of the molecule is CC(C)(C)OC(=O)NC1CCC2C(O[Si](C)(C)C(C)(C)C)CCN2C1=O. The van der Waals surface area contributed by atoms with Crippen LogP contribution in [0.2, 0.25) is 18.1 Å². The van der Waals surface area contributed by atoms with Crippen molar-refractivity contribution in [3.63, 3.8) is 0 Å². The number of amides is 2. The van der Waals surface area contributed by atoms with Crippen LogP contribution >= 0.6 is 0 Å². The van der Waals surface area contributed by atoms with Crippen molar-refractivity contribution in [3.8, 4) is 0 Å². The molecule has 6 nitrogen and oxygen atoms in total. The molecule has 0 aromatic rings. The minimum absolute atomic E-state index is 0.00607. The Kier molecular flexibility index (Phi) is 5.83. The number of ether oxygens (including phenoxy) is 1. The van der Waals surface area contributed by atoms with E-state index in [1.54, 1.807) is 0 Å². The molecule has 150 valence electrons. The molecule has 2 rings (SSSR count). The summed E-state index contributed by atoms with van der Waals surface area (Å²) in [5.74, 6) is -0.00607. The summed E-state index contributed by atoms with van der Waals surface area (Å²) in [5, 5.41) is 2.89. The Bertz CT molecular complexity index is 551. The van der Waals surface area contributed by atoms with Crippen LogP contribution in [0.5, 0.6) is 0 Å². The van der Waals surface area contributed by atoms with Crippen molar-refractivity contribution in [3.05, 3.63) is 0 Å². The molecule has 0 radical (unpaired) electrons. The lowest BCUT2D eigenvalue weighted by atomic mass is 9.97. The van der Waals surface area contributed by atoms with Gasteiger partial charge in [-0.05, 0) is 58.2 Å². The van der Waals surface area contributed by atoms with Crippen molar-refractivity contribution >= 4 is 20.3 Å². The molecule has 0 aromatic heterocycles. The van der Waals surface area contributed by atoms with Gasteiger partial charge in [-0.25, -0.2) is 4.79 Å². The number of fused-ring (bicyclic) bond motifs is 1. The van der Waals surface area contributed by atoms with Crippen LogP contribution in [0.15, 0.2) is 0 Å². The Hall–Kier alpha value is -1.08. The van der Waals surface area contributed by atoms with E-state index in [0.29, 0.717) is 13.0 Å². The van der Waals surface area contributed by atoms with Crippen molar-refractivity contribution in [2.45, 2.75) is 103 Å². The third-order valence-corrected chi connectivity index (χ3v) is 10.3.